The van der Waals surface area contributed by atoms with Gasteiger partial charge in [-0.3, -0.25) is 0 Å². The standard InChI is InChI=1S/C14H17N3/c1-10-6-11(2)8-13(7-10)17-14-12(9-15)4-3-5-16-14/h3-8H,9,15H2,1-2H3,(H,16,17). The minimum atomic E-state index is 0.487. The lowest BCUT2D eigenvalue weighted by Crippen LogP contribution is -2.03. The summed E-state index contributed by atoms with van der Waals surface area (Å²) in [5, 5.41) is 3.31. The highest BCUT2D eigenvalue weighted by Gasteiger charge is 2.02. The Kier molecular flexibility index (Phi) is 3.40. The fourth-order valence-corrected chi connectivity index (χ4v) is 1.90. The van der Waals surface area contributed by atoms with E-state index in [9.17, 15) is 0 Å². The van der Waals surface area contributed by atoms with Gasteiger partial charge in [-0.2, -0.15) is 0 Å². The number of nitrogens with zero attached hydrogens (tertiary/aromatic N) is 1. The Labute approximate surface area is 102 Å². The van der Waals surface area contributed by atoms with Crippen LogP contribution in [0.25, 0.3) is 0 Å². The summed E-state index contributed by atoms with van der Waals surface area (Å²) in [5.41, 5.74) is 10.2. The molecule has 0 amide bonds. The van der Waals surface area contributed by atoms with Crippen molar-refractivity contribution in [1.29, 1.82) is 0 Å². The summed E-state index contributed by atoms with van der Waals surface area (Å²) >= 11 is 0. The first kappa shape index (κ1) is 11.6. The van der Waals surface area contributed by atoms with Crippen LogP contribution in [0, 0.1) is 13.8 Å². The molecule has 0 spiro atoms. The number of benzene rings is 1. The molecule has 0 unspecified atom stereocenters. The zero-order chi connectivity index (χ0) is 12.3. The molecule has 3 nitrogen and oxygen atoms in total. The van der Waals surface area contributed by atoms with E-state index < -0.39 is 0 Å². The fourth-order valence-electron chi connectivity index (χ4n) is 1.90. The second-order valence-electron chi connectivity index (χ2n) is 4.22. The predicted molar refractivity (Wildman–Crippen MR) is 71.3 cm³/mol. The molecule has 88 valence electrons. The topological polar surface area (TPSA) is 50.9 Å². The molecule has 17 heavy (non-hydrogen) atoms. The highest BCUT2D eigenvalue weighted by molar-refractivity contribution is 5.60. The van der Waals surface area contributed by atoms with Gasteiger partial charge in [-0.1, -0.05) is 12.1 Å². The van der Waals surface area contributed by atoms with E-state index in [1.807, 2.05) is 12.1 Å². The van der Waals surface area contributed by atoms with Gasteiger partial charge in [-0.25, -0.2) is 4.98 Å². The number of aromatic nitrogens is 1. The second kappa shape index (κ2) is 4.97. The minimum absolute atomic E-state index is 0.487. The number of nitrogens with one attached hydrogen (secondary N) is 1. The molecule has 0 aliphatic heterocycles. The zero-order valence-corrected chi connectivity index (χ0v) is 10.2. The molecular formula is C14H17N3. The summed E-state index contributed by atoms with van der Waals surface area (Å²) in [7, 11) is 0. The Morgan fingerprint density at radius 3 is 2.53 bits per heavy atom. The average molecular weight is 227 g/mol. The largest absolute Gasteiger partial charge is 0.340 e. The van der Waals surface area contributed by atoms with Gasteiger partial charge in [-0.15, -0.1) is 0 Å². The van der Waals surface area contributed by atoms with Crippen molar-refractivity contribution in [3.05, 3.63) is 53.2 Å². The van der Waals surface area contributed by atoms with Crippen LogP contribution in [-0.4, -0.2) is 4.98 Å². The van der Waals surface area contributed by atoms with Gasteiger partial charge in [0.05, 0.1) is 0 Å². The summed E-state index contributed by atoms with van der Waals surface area (Å²) < 4.78 is 0. The van der Waals surface area contributed by atoms with Crippen molar-refractivity contribution < 1.29 is 0 Å². The Bertz CT molecular complexity index is 500. The van der Waals surface area contributed by atoms with Crippen LogP contribution >= 0.6 is 0 Å². The number of hydrogen-bond acceptors (Lipinski definition) is 3. The van der Waals surface area contributed by atoms with E-state index in [4.69, 9.17) is 5.73 Å². The highest BCUT2D eigenvalue weighted by Crippen LogP contribution is 2.20. The normalized spacial score (nSPS) is 10.3. The van der Waals surface area contributed by atoms with Gasteiger partial charge in [0.15, 0.2) is 0 Å². The molecule has 2 rings (SSSR count). The first-order chi connectivity index (χ1) is 8.19. The molecular weight excluding hydrogens is 210 g/mol. The number of aryl methyl sites for hydroxylation is 2. The van der Waals surface area contributed by atoms with Crippen molar-refractivity contribution in [3.63, 3.8) is 0 Å². The molecule has 0 aliphatic rings. The zero-order valence-electron chi connectivity index (χ0n) is 10.2. The van der Waals surface area contributed by atoms with Crippen molar-refractivity contribution in [3.8, 4) is 0 Å². The van der Waals surface area contributed by atoms with E-state index >= 15 is 0 Å². The van der Waals surface area contributed by atoms with E-state index in [1.165, 1.54) is 11.1 Å². The van der Waals surface area contributed by atoms with Gasteiger partial charge < -0.3 is 11.1 Å². The summed E-state index contributed by atoms with van der Waals surface area (Å²) in [6.45, 7) is 4.65. The van der Waals surface area contributed by atoms with Crippen LogP contribution in [0.15, 0.2) is 36.5 Å². The summed E-state index contributed by atoms with van der Waals surface area (Å²) in [6, 6.07) is 10.2. The Balaban J connectivity index is 2.31. The summed E-state index contributed by atoms with van der Waals surface area (Å²) in [4.78, 5) is 4.31. The van der Waals surface area contributed by atoms with Gasteiger partial charge in [0.2, 0.25) is 0 Å². The quantitative estimate of drug-likeness (QED) is 0.847. The highest BCUT2D eigenvalue weighted by atomic mass is 15.0. The number of hydrogen-bond donors (Lipinski definition) is 2. The first-order valence-corrected chi connectivity index (χ1v) is 5.68. The monoisotopic (exact) mass is 227 g/mol. The molecule has 0 fully saturated rings. The first-order valence-electron chi connectivity index (χ1n) is 5.68. The van der Waals surface area contributed by atoms with Crippen LogP contribution in [0.1, 0.15) is 16.7 Å². The molecule has 0 bridgehead atoms. The number of nitrogens with two attached hydrogens (primary N) is 1. The molecule has 2 aromatic rings. The summed E-state index contributed by atoms with van der Waals surface area (Å²) in [6.07, 6.45) is 1.77. The van der Waals surface area contributed by atoms with Crippen LogP contribution in [0.5, 0.6) is 0 Å². The SMILES string of the molecule is Cc1cc(C)cc(Nc2ncccc2CN)c1. The predicted octanol–water partition coefficient (Wildman–Crippen LogP) is 2.90. The molecule has 1 aromatic carbocycles. The van der Waals surface area contributed by atoms with Crippen molar-refractivity contribution in [2.24, 2.45) is 5.73 Å². The number of anilines is 2. The molecule has 0 atom stereocenters. The van der Waals surface area contributed by atoms with Crippen LogP contribution in [-0.2, 0) is 6.54 Å². The lowest BCUT2D eigenvalue weighted by Gasteiger charge is -2.10. The van der Waals surface area contributed by atoms with Crippen molar-refractivity contribution in [1.82, 2.24) is 4.98 Å². The van der Waals surface area contributed by atoms with E-state index in [0.29, 0.717) is 6.54 Å². The Hall–Kier alpha value is -1.87. The van der Waals surface area contributed by atoms with Crippen LogP contribution in [0.2, 0.25) is 0 Å². The van der Waals surface area contributed by atoms with E-state index in [1.54, 1.807) is 6.20 Å². The smallest absolute Gasteiger partial charge is 0.134 e. The lowest BCUT2D eigenvalue weighted by molar-refractivity contribution is 1.05. The molecule has 0 saturated heterocycles. The Morgan fingerprint density at radius 2 is 1.88 bits per heavy atom. The average Bonchev–Trinajstić information content (AvgIpc) is 2.28. The third-order valence-electron chi connectivity index (χ3n) is 2.60. The van der Waals surface area contributed by atoms with Crippen molar-refractivity contribution >= 4 is 11.5 Å². The van der Waals surface area contributed by atoms with Crippen LogP contribution in [0.4, 0.5) is 11.5 Å². The van der Waals surface area contributed by atoms with Gasteiger partial charge in [0.25, 0.3) is 0 Å². The maximum atomic E-state index is 5.68. The van der Waals surface area contributed by atoms with Crippen LogP contribution < -0.4 is 11.1 Å². The van der Waals surface area contributed by atoms with Gasteiger partial charge in [0.1, 0.15) is 5.82 Å². The Morgan fingerprint density at radius 1 is 1.18 bits per heavy atom. The van der Waals surface area contributed by atoms with Crippen molar-refractivity contribution in [2.45, 2.75) is 20.4 Å². The maximum absolute atomic E-state index is 5.68. The maximum Gasteiger partial charge on any atom is 0.134 e. The van der Waals surface area contributed by atoms with Crippen LogP contribution in [0.3, 0.4) is 0 Å². The van der Waals surface area contributed by atoms with Gasteiger partial charge in [0, 0.05) is 24.0 Å². The second-order valence-corrected chi connectivity index (χ2v) is 4.22. The minimum Gasteiger partial charge on any atom is -0.340 e. The molecule has 1 aromatic heterocycles. The molecule has 3 heteroatoms. The van der Waals surface area contributed by atoms with E-state index in [-0.39, 0.29) is 0 Å². The number of rotatable bonds is 3. The number of pyridine rings is 1. The van der Waals surface area contributed by atoms with E-state index in [0.717, 1.165) is 17.1 Å². The van der Waals surface area contributed by atoms with Gasteiger partial charge >= 0.3 is 0 Å². The molecule has 3 N–H and O–H groups in total. The molecule has 1 heterocycles. The van der Waals surface area contributed by atoms with Crippen molar-refractivity contribution in [2.75, 3.05) is 5.32 Å². The fraction of sp³-hybridized carbons (Fsp3) is 0.214. The lowest BCUT2D eigenvalue weighted by atomic mass is 10.1. The third-order valence-corrected chi connectivity index (χ3v) is 2.60. The summed E-state index contributed by atoms with van der Waals surface area (Å²) in [5.74, 6) is 0.833. The molecule has 0 saturated carbocycles. The molecule has 0 aliphatic carbocycles. The van der Waals surface area contributed by atoms with Gasteiger partial charge in [-0.05, 0) is 43.2 Å². The molecule has 0 radical (unpaired) electrons. The van der Waals surface area contributed by atoms with E-state index in [2.05, 4.69) is 42.3 Å². The third kappa shape index (κ3) is 2.82.